The van der Waals surface area contributed by atoms with Crippen molar-refractivity contribution in [2.24, 2.45) is 5.10 Å². The molecule has 0 radical (unpaired) electrons. The first-order valence-electron chi connectivity index (χ1n) is 7.00. The van der Waals surface area contributed by atoms with Gasteiger partial charge in [0, 0.05) is 10.5 Å². The van der Waals surface area contributed by atoms with Crippen LogP contribution in [0.15, 0.2) is 46.0 Å². The lowest BCUT2D eigenvalue weighted by atomic mass is 10.1. The van der Waals surface area contributed by atoms with Gasteiger partial charge in [-0.25, -0.2) is 5.43 Å². The van der Waals surface area contributed by atoms with Crippen molar-refractivity contribution in [2.45, 2.75) is 6.42 Å². The lowest BCUT2D eigenvalue weighted by molar-refractivity contribution is -0.385. The molecule has 1 amide bonds. The number of hydrogen-bond acceptors (Lipinski definition) is 6. The second kappa shape index (κ2) is 8.25. The van der Waals surface area contributed by atoms with Crippen LogP contribution in [0, 0.1) is 10.1 Å². The molecule has 0 aromatic heterocycles. The molecule has 0 saturated heterocycles. The van der Waals surface area contributed by atoms with E-state index in [4.69, 9.17) is 4.74 Å². The molecule has 130 valence electrons. The van der Waals surface area contributed by atoms with Crippen LogP contribution < -0.4 is 15.3 Å². The van der Waals surface area contributed by atoms with Crippen LogP contribution in [0.4, 0.5) is 5.69 Å². The smallest absolute Gasteiger partial charge is 0.273 e. The molecule has 0 bridgehead atoms. The van der Waals surface area contributed by atoms with Gasteiger partial charge in [-0.1, -0.05) is 33.8 Å². The van der Waals surface area contributed by atoms with E-state index in [9.17, 15) is 20.0 Å². The summed E-state index contributed by atoms with van der Waals surface area (Å²) >= 11 is 3.30. The van der Waals surface area contributed by atoms with E-state index in [1.54, 1.807) is 12.1 Å². The van der Waals surface area contributed by atoms with Crippen LogP contribution >= 0.6 is 15.9 Å². The number of nitro groups is 1. The standard InChI is InChI=1S/C16H14BrN3O5/c1-25-14-8-13(20(23)24)7-11(16(14)22)9-18-19-15(21)6-10-2-4-12(17)5-3-10/h2-5,7-9,22H,6H2,1H3,(H,19,21)/p-1/b18-9-. The first-order valence-corrected chi connectivity index (χ1v) is 7.80. The predicted molar refractivity (Wildman–Crippen MR) is 92.7 cm³/mol. The van der Waals surface area contributed by atoms with Crippen LogP contribution in [0.3, 0.4) is 0 Å². The molecular weight excluding hydrogens is 394 g/mol. The maximum Gasteiger partial charge on any atom is 0.273 e. The van der Waals surface area contributed by atoms with Crippen molar-refractivity contribution in [3.63, 3.8) is 0 Å². The molecule has 0 unspecified atom stereocenters. The van der Waals surface area contributed by atoms with Crippen molar-refractivity contribution < 1.29 is 19.6 Å². The molecule has 25 heavy (non-hydrogen) atoms. The summed E-state index contributed by atoms with van der Waals surface area (Å²) in [4.78, 5) is 22.0. The minimum atomic E-state index is -0.647. The highest BCUT2D eigenvalue weighted by atomic mass is 79.9. The molecule has 0 aliphatic heterocycles. The van der Waals surface area contributed by atoms with E-state index < -0.39 is 10.7 Å². The number of halogens is 1. The SMILES string of the molecule is COc1cc([N+](=O)[O-])cc(/C=N\NC(=O)Cc2ccc(Br)cc2)c1[O-]. The fraction of sp³-hybridized carbons (Fsp3) is 0.125. The van der Waals surface area contributed by atoms with Crippen molar-refractivity contribution in [1.82, 2.24) is 5.43 Å². The van der Waals surface area contributed by atoms with Gasteiger partial charge >= 0.3 is 0 Å². The molecule has 0 atom stereocenters. The average Bonchev–Trinajstić information content (AvgIpc) is 2.58. The summed E-state index contributed by atoms with van der Waals surface area (Å²) < 4.78 is 5.72. The third-order valence-electron chi connectivity index (χ3n) is 3.17. The number of hydrazone groups is 1. The fourth-order valence-electron chi connectivity index (χ4n) is 1.96. The third kappa shape index (κ3) is 5.01. The quantitative estimate of drug-likeness (QED) is 0.447. The summed E-state index contributed by atoms with van der Waals surface area (Å²) in [5, 5.41) is 26.6. The van der Waals surface area contributed by atoms with Crippen LogP contribution in [0.25, 0.3) is 0 Å². The highest BCUT2D eigenvalue weighted by molar-refractivity contribution is 9.10. The molecule has 0 spiro atoms. The van der Waals surface area contributed by atoms with Gasteiger partial charge in [-0.05, 0) is 23.3 Å². The topological polar surface area (TPSA) is 117 Å². The lowest BCUT2D eigenvalue weighted by Crippen LogP contribution is -2.19. The van der Waals surface area contributed by atoms with Crippen molar-refractivity contribution in [3.8, 4) is 11.5 Å². The Balaban J connectivity index is 2.08. The second-order valence-corrected chi connectivity index (χ2v) is 5.84. The van der Waals surface area contributed by atoms with Gasteiger partial charge in [-0.2, -0.15) is 5.10 Å². The van der Waals surface area contributed by atoms with Gasteiger partial charge in [-0.3, -0.25) is 14.9 Å². The number of hydrogen-bond donors (Lipinski definition) is 1. The second-order valence-electron chi connectivity index (χ2n) is 4.92. The normalized spacial score (nSPS) is 10.6. The Bertz CT molecular complexity index is 821. The van der Waals surface area contributed by atoms with Crippen molar-refractivity contribution in [1.29, 1.82) is 0 Å². The third-order valence-corrected chi connectivity index (χ3v) is 3.70. The molecule has 2 aromatic carbocycles. The van der Waals surface area contributed by atoms with E-state index >= 15 is 0 Å². The molecular formula is C16H13BrN3O5-. The van der Waals surface area contributed by atoms with Crippen LogP contribution in [-0.2, 0) is 11.2 Å². The minimum absolute atomic E-state index is 0.0602. The van der Waals surface area contributed by atoms with E-state index in [0.29, 0.717) is 0 Å². The first-order chi connectivity index (χ1) is 11.9. The molecule has 1 N–H and O–H groups in total. The lowest BCUT2D eigenvalue weighted by Gasteiger charge is -2.14. The molecule has 0 saturated carbocycles. The zero-order chi connectivity index (χ0) is 18.4. The van der Waals surface area contributed by atoms with Gasteiger partial charge in [0.15, 0.2) is 0 Å². The molecule has 0 aliphatic rings. The highest BCUT2D eigenvalue weighted by Gasteiger charge is 2.11. The van der Waals surface area contributed by atoms with Crippen molar-refractivity contribution in [3.05, 3.63) is 62.1 Å². The maximum absolute atomic E-state index is 12.0. The molecule has 8 nitrogen and oxygen atoms in total. The number of carbonyl (C=O) groups excluding carboxylic acids is 1. The Labute approximate surface area is 151 Å². The van der Waals surface area contributed by atoms with E-state index in [1.807, 2.05) is 12.1 Å². The predicted octanol–water partition coefficient (Wildman–Crippen LogP) is 2.13. The molecule has 2 rings (SSSR count). The summed E-state index contributed by atoms with van der Waals surface area (Å²) in [6, 6.07) is 9.29. The van der Waals surface area contributed by atoms with Gasteiger partial charge in [0.25, 0.3) is 5.69 Å². The van der Waals surface area contributed by atoms with Crippen LogP contribution in [0.2, 0.25) is 0 Å². The van der Waals surface area contributed by atoms with Gasteiger partial charge in [0.1, 0.15) is 5.75 Å². The molecule has 0 fully saturated rings. The Morgan fingerprint density at radius 2 is 2.04 bits per heavy atom. The van der Waals surface area contributed by atoms with E-state index in [2.05, 4.69) is 26.5 Å². The number of benzene rings is 2. The Morgan fingerprint density at radius 3 is 2.64 bits per heavy atom. The number of nitrogens with one attached hydrogen (secondary N) is 1. The first kappa shape index (κ1) is 18.4. The molecule has 2 aromatic rings. The van der Waals surface area contributed by atoms with Crippen LogP contribution in [0.1, 0.15) is 11.1 Å². The zero-order valence-corrected chi connectivity index (χ0v) is 14.6. The number of rotatable bonds is 6. The average molecular weight is 407 g/mol. The molecule has 0 heterocycles. The van der Waals surface area contributed by atoms with Crippen molar-refractivity contribution in [2.75, 3.05) is 7.11 Å². The largest absolute Gasteiger partial charge is 0.870 e. The van der Waals surface area contributed by atoms with Gasteiger partial charge in [0.2, 0.25) is 5.91 Å². The Morgan fingerprint density at radius 1 is 1.36 bits per heavy atom. The number of carbonyl (C=O) groups is 1. The highest BCUT2D eigenvalue weighted by Crippen LogP contribution is 2.31. The maximum atomic E-state index is 12.0. The summed E-state index contributed by atoms with van der Waals surface area (Å²) in [6.45, 7) is 0. The number of nitrogens with zero attached hydrogens (tertiary/aromatic N) is 2. The van der Waals surface area contributed by atoms with E-state index in [0.717, 1.165) is 28.4 Å². The van der Waals surface area contributed by atoms with Crippen LogP contribution in [0.5, 0.6) is 11.5 Å². The summed E-state index contributed by atoms with van der Waals surface area (Å²) in [5.74, 6) is -1.11. The Hall–Kier alpha value is -2.94. The summed E-state index contributed by atoms with van der Waals surface area (Å²) in [6.07, 6.45) is 1.16. The van der Waals surface area contributed by atoms with Crippen molar-refractivity contribution >= 4 is 33.7 Å². The number of non-ortho nitro benzene ring substituents is 1. The summed E-state index contributed by atoms with van der Waals surface area (Å²) in [7, 11) is 1.24. The number of ether oxygens (including phenoxy) is 1. The fourth-order valence-corrected chi connectivity index (χ4v) is 2.23. The van der Waals surface area contributed by atoms with Gasteiger partial charge < -0.3 is 9.84 Å². The Kier molecular flexibility index (Phi) is 6.07. The van der Waals surface area contributed by atoms with E-state index in [1.165, 1.54) is 7.11 Å². The van der Waals surface area contributed by atoms with Gasteiger partial charge in [0.05, 0.1) is 30.7 Å². The van der Waals surface area contributed by atoms with Gasteiger partial charge in [-0.15, -0.1) is 0 Å². The van der Waals surface area contributed by atoms with E-state index in [-0.39, 0.29) is 29.3 Å². The summed E-state index contributed by atoms with van der Waals surface area (Å²) in [5.41, 5.74) is 2.70. The zero-order valence-electron chi connectivity index (χ0n) is 13.1. The molecule has 9 heteroatoms. The van der Waals surface area contributed by atoms with Crippen LogP contribution in [-0.4, -0.2) is 24.2 Å². The molecule has 0 aliphatic carbocycles. The number of methoxy groups -OCH3 is 1. The monoisotopic (exact) mass is 406 g/mol. The number of nitro benzene ring substituents is 1. The minimum Gasteiger partial charge on any atom is -0.870 e. The number of amides is 1.